The van der Waals surface area contributed by atoms with Crippen LogP contribution in [0.25, 0.3) is 6.08 Å². The summed E-state index contributed by atoms with van der Waals surface area (Å²) in [6, 6.07) is 7.03. The molecular weight excluding hydrogens is 256 g/mol. The molecule has 6 heteroatoms. The van der Waals surface area contributed by atoms with E-state index in [2.05, 4.69) is 5.10 Å². The van der Waals surface area contributed by atoms with E-state index in [1.54, 1.807) is 30.3 Å². The van der Waals surface area contributed by atoms with E-state index in [4.69, 9.17) is 17.3 Å². The number of benzene rings is 1. The maximum Gasteiger partial charge on any atom is 0.311 e. The van der Waals surface area contributed by atoms with Gasteiger partial charge in [0, 0.05) is 11.3 Å². The van der Waals surface area contributed by atoms with Crippen molar-refractivity contribution in [3.8, 4) is 0 Å². The Morgan fingerprint density at radius 1 is 1.40 bits per heavy atom. The Hall–Kier alpha value is -2.50. The first-order valence-corrected chi connectivity index (χ1v) is 6.33. The van der Waals surface area contributed by atoms with Gasteiger partial charge in [-0.3, -0.25) is 4.79 Å². The van der Waals surface area contributed by atoms with E-state index >= 15 is 0 Å². The normalized spacial score (nSPS) is 14.1. The first-order chi connectivity index (χ1) is 9.49. The Balaban J connectivity index is 3.23. The Kier molecular flexibility index (Phi) is 5.58. The number of carbonyl (C=O) groups is 1. The number of anilines is 1. The molecular formula is C14H20N4O2. The number of rotatable bonds is 6. The highest BCUT2D eigenvalue weighted by molar-refractivity contribution is 6.05. The smallest absolute Gasteiger partial charge is 0.311 e. The van der Waals surface area contributed by atoms with Crippen LogP contribution < -0.4 is 17.3 Å². The lowest BCUT2D eigenvalue weighted by Crippen LogP contribution is -2.27. The van der Waals surface area contributed by atoms with Crippen LogP contribution in [0.5, 0.6) is 0 Å². The number of hydrazone groups is 1. The maximum absolute atomic E-state index is 11.4. The minimum atomic E-state index is -0.944. The molecule has 0 aliphatic carbocycles. The van der Waals surface area contributed by atoms with Gasteiger partial charge in [-0.25, -0.2) is 0 Å². The van der Waals surface area contributed by atoms with Gasteiger partial charge in [-0.05, 0) is 30.2 Å². The zero-order valence-corrected chi connectivity index (χ0v) is 11.4. The number of carboxylic acids is 1. The highest BCUT2D eigenvalue weighted by Gasteiger charge is 2.24. The third-order valence-corrected chi connectivity index (χ3v) is 2.94. The Bertz CT molecular complexity index is 520. The van der Waals surface area contributed by atoms with Crippen LogP contribution in [0.15, 0.2) is 34.9 Å². The highest BCUT2D eigenvalue weighted by Crippen LogP contribution is 2.21. The van der Waals surface area contributed by atoms with Crippen molar-refractivity contribution in [2.24, 2.45) is 22.6 Å². The van der Waals surface area contributed by atoms with Crippen molar-refractivity contribution < 1.29 is 9.90 Å². The van der Waals surface area contributed by atoms with Gasteiger partial charge in [0.25, 0.3) is 0 Å². The summed E-state index contributed by atoms with van der Waals surface area (Å²) in [5, 5.41) is 12.8. The zero-order valence-electron chi connectivity index (χ0n) is 11.4. The summed E-state index contributed by atoms with van der Waals surface area (Å²) in [6.07, 6.45) is 2.86. The summed E-state index contributed by atoms with van der Waals surface area (Å²) >= 11 is 0. The van der Waals surface area contributed by atoms with Crippen LogP contribution in [-0.4, -0.2) is 16.9 Å². The monoisotopic (exact) mass is 276 g/mol. The predicted octanol–water partition coefficient (Wildman–Crippen LogP) is 1.38. The van der Waals surface area contributed by atoms with E-state index in [0.29, 0.717) is 24.1 Å². The molecule has 1 aromatic rings. The number of nitrogen functional groups attached to an aromatic ring is 1. The van der Waals surface area contributed by atoms with Crippen LogP contribution in [0.2, 0.25) is 0 Å². The molecule has 0 heterocycles. The molecule has 0 saturated carbocycles. The van der Waals surface area contributed by atoms with Crippen LogP contribution >= 0.6 is 0 Å². The summed E-state index contributed by atoms with van der Waals surface area (Å²) in [6.45, 7) is 1.91. The van der Waals surface area contributed by atoms with E-state index in [1.165, 1.54) is 0 Å². The van der Waals surface area contributed by atoms with Gasteiger partial charge in [0.2, 0.25) is 0 Å². The first-order valence-electron chi connectivity index (χ1n) is 6.33. The number of nitrogens with zero attached hydrogens (tertiary/aromatic N) is 1. The average molecular weight is 276 g/mol. The van der Waals surface area contributed by atoms with Crippen LogP contribution in [0, 0.1) is 5.92 Å². The van der Waals surface area contributed by atoms with Gasteiger partial charge in [-0.1, -0.05) is 25.5 Å². The lowest BCUT2D eigenvalue weighted by atomic mass is 9.92. The quantitative estimate of drug-likeness (QED) is 0.205. The molecule has 0 fully saturated rings. The molecule has 0 aromatic heterocycles. The molecule has 20 heavy (non-hydrogen) atoms. The molecule has 6 nitrogen and oxygen atoms in total. The average Bonchev–Trinajstić information content (AvgIpc) is 2.43. The van der Waals surface area contributed by atoms with Crippen molar-refractivity contribution in [1.82, 2.24) is 0 Å². The van der Waals surface area contributed by atoms with Gasteiger partial charge in [-0.2, -0.15) is 5.10 Å². The van der Waals surface area contributed by atoms with Crippen molar-refractivity contribution in [2.45, 2.75) is 19.8 Å². The van der Waals surface area contributed by atoms with Crippen LogP contribution in [0.3, 0.4) is 0 Å². The van der Waals surface area contributed by atoms with Crippen molar-refractivity contribution in [3.63, 3.8) is 0 Å². The van der Waals surface area contributed by atoms with Crippen molar-refractivity contribution in [1.29, 1.82) is 0 Å². The van der Waals surface area contributed by atoms with Gasteiger partial charge in [0.15, 0.2) is 0 Å². The molecule has 1 aromatic carbocycles. The van der Waals surface area contributed by atoms with Gasteiger partial charge in [0.1, 0.15) is 5.84 Å². The third-order valence-electron chi connectivity index (χ3n) is 2.94. The minimum absolute atomic E-state index is 0.0303. The van der Waals surface area contributed by atoms with E-state index in [9.17, 15) is 9.90 Å². The van der Waals surface area contributed by atoms with Crippen molar-refractivity contribution >= 4 is 23.6 Å². The fraction of sp³-hybridized carbons (Fsp3) is 0.286. The molecule has 0 saturated heterocycles. The molecule has 0 radical (unpaired) electrons. The SMILES string of the molecule is CCCC(C(=O)O)/C(=C/c1ccc(N)cc1)C(N)=NN. The molecule has 0 aliphatic heterocycles. The molecule has 108 valence electrons. The second-order valence-electron chi connectivity index (χ2n) is 4.46. The largest absolute Gasteiger partial charge is 0.481 e. The lowest BCUT2D eigenvalue weighted by Gasteiger charge is -2.15. The first kappa shape index (κ1) is 15.6. The summed E-state index contributed by atoms with van der Waals surface area (Å²) in [5.74, 6) is 3.55. The van der Waals surface area contributed by atoms with Crippen LogP contribution in [-0.2, 0) is 4.79 Å². The molecule has 7 N–H and O–H groups in total. The molecule has 0 spiro atoms. The van der Waals surface area contributed by atoms with E-state index in [-0.39, 0.29) is 5.84 Å². The van der Waals surface area contributed by atoms with Gasteiger partial charge < -0.3 is 22.4 Å². The summed E-state index contributed by atoms with van der Waals surface area (Å²) in [5.41, 5.74) is 13.2. The number of hydrogen-bond acceptors (Lipinski definition) is 4. The standard InChI is InChI=1S/C14H20N4O2/c1-2-3-11(14(19)20)12(13(16)18-17)8-9-4-6-10(15)7-5-9/h4-8,11H,2-3,15,17H2,1H3,(H2,16,18)(H,19,20)/b12-8-. The molecule has 0 amide bonds. The summed E-state index contributed by atoms with van der Waals surface area (Å²) < 4.78 is 0. The molecule has 1 atom stereocenters. The lowest BCUT2D eigenvalue weighted by molar-refractivity contribution is -0.140. The number of nitrogens with two attached hydrogens (primary N) is 3. The van der Waals surface area contributed by atoms with Crippen LogP contribution in [0.4, 0.5) is 5.69 Å². The topological polar surface area (TPSA) is 128 Å². The van der Waals surface area contributed by atoms with Gasteiger partial charge in [-0.15, -0.1) is 0 Å². The van der Waals surface area contributed by atoms with Gasteiger partial charge in [0.05, 0.1) is 5.92 Å². The summed E-state index contributed by atoms with van der Waals surface area (Å²) in [4.78, 5) is 11.4. The summed E-state index contributed by atoms with van der Waals surface area (Å²) in [7, 11) is 0. The molecule has 1 unspecified atom stereocenters. The van der Waals surface area contributed by atoms with Crippen molar-refractivity contribution in [2.75, 3.05) is 5.73 Å². The second-order valence-corrected chi connectivity index (χ2v) is 4.46. The number of carboxylic acid groups (broad SMARTS) is 1. The highest BCUT2D eigenvalue weighted by atomic mass is 16.4. The van der Waals surface area contributed by atoms with Crippen LogP contribution in [0.1, 0.15) is 25.3 Å². The zero-order chi connectivity index (χ0) is 15.1. The Labute approximate surface area is 118 Å². The molecule has 0 aliphatic rings. The number of amidine groups is 1. The number of hydrogen-bond donors (Lipinski definition) is 4. The third kappa shape index (κ3) is 4.01. The van der Waals surface area contributed by atoms with E-state index in [0.717, 1.165) is 5.56 Å². The molecule has 0 bridgehead atoms. The van der Waals surface area contributed by atoms with E-state index in [1.807, 2.05) is 6.92 Å². The minimum Gasteiger partial charge on any atom is -0.481 e. The fourth-order valence-electron chi connectivity index (χ4n) is 1.90. The van der Waals surface area contributed by atoms with Gasteiger partial charge >= 0.3 is 5.97 Å². The second kappa shape index (κ2) is 7.18. The number of aliphatic carboxylic acids is 1. The molecule has 1 rings (SSSR count). The van der Waals surface area contributed by atoms with E-state index < -0.39 is 11.9 Å². The van der Waals surface area contributed by atoms with Crippen molar-refractivity contribution in [3.05, 3.63) is 35.4 Å². The predicted molar refractivity (Wildman–Crippen MR) is 80.7 cm³/mol. The Morgan fingerprint density at radius 2 is 2.00 bits per heavy atom. The fourth-order valence-corrected chi connectivity index (χ4v) is 1.90. The maximum atomic E-state index is 11.4. The Morgan fingerprint density at radius 3 is 2.45 bits per heavy atom.